The summed E-state index contributed by atoms with van der Waals surface area (Å²) < 4.78 is 1.80. The van der Waals surface area contributed by atoms with Gasteiger partial charge >= 0.3 is 5.97 Å². The molecule has 1 aromatic heterocycles. The average molecular weight is 215 g/mol. The average Bonchev–Trinajstić information content (AvgIpc) is 2.64. The third-order valence-electron chi connectivity index (χ3n) is 1.64. The second-order valence-corrected chi connectivity index (χ2v) is 3.94. The van der Waals surface area contributed by atoms with Gasteiger partial charge in [-0.1, -0.05) is 0 Å². The van der Waals surface area contributed by atoms with Crippen molar-refractivity contribution in [3.63, 3.8) is 0 Å². The molecule has 1 rings (SSSR count). The summed E-state index contributed by atoms with van der Waals surface area (Å²) in [5.41, 5.74) is 5.33. The summed E-state index contributed by atoms with van der Waals surface area (Å²) in [5, 5.41) is 12.5. The van der Waals surface area contributed by atoms with Crippen molar-refractivity contribution in [3.05, 3.63) is 18.5 Å². The molecule has 1 heterocycles. The smallest absolute Gasteiger partial charge is 0.321 e. The number of nitrogens with zero attached hydrogens (tertiary/aromatic N) is 2. The summed E-state index contributed by atoms with van der Waals surface area (Å²) in [7, 11) is 0. The lowest BCUT2D eigenvalue weighted by Crippen LogP contribution is -2.32. The van der Waals surface area contributed by atoms with Crippen LogP contribution < -0.4 is 5.73 Å². The number of aliphatic carboxylic acids is 1. The van der Waals surface area contributed by atoms with Gasteiger partial charge in [-0.3, -0.25) is 9.48 Å². The van der Waals surface area contributed by atoms with E-state index in [1.807, 2.05) is 12.3 Å². The lowest BCUT2D eigenvalue weighted by atomic mass is 10.4. The predicted molar refractivity (Wildman–Crippen MR) is 55.2 cm³/mol. The Labute approximate surface area is 86.3 Å². The molecule has 78 valence electrons. The zero-order chi connectivity index (χ0) is 10.4. The van der Waals surface area contributed by atoms with Gasteiger partial charge < -0.3 is 10.8 Å². The maximum atomic E-state index is 10.4. The maximum absolute atomic E-state index is 10.4. The van der Waals surface area contributed by atoms with E-state index in [0.717, 1.165) is 12.3 Å². The summed E-state index contributed by atoms with van der Waals surface area (Å²) in [6.45, 7) is 0.782. The Morgan fingerprint density at radius 2 is 2.50 bits per heavy atom. The molecule has 0 radical (unpaired) electrons. The maximum Gasteiger partial charge on any atom is 0.321 e. The number of carbonyl (C=O) groups is 1. The molecule has 0 amide bonds. The number of nitrogens with two attached hydrogens (primary N) is 1. The van der Waals surface area contributed by atoms with Crippen LogP contribution in [0.1, 0.15) is 0 Å². The first-order valence-electron chi connectivity index (χ1n) is 4.23. The largest absolute Gasteiger partial charge is 0.480 e. The van der Waals surface area contributed by atoms with Gasteiger partial charge in [-0.15, -0.1) is 0 Å². The summed E-state index contributed by atoms with van der Waals surface area (Å²) in [4.78, 5) is 10.4. The second kappa shape index (κ2) is 5.66. The van der Waals surface area contributed by atoms with E-state index in [0.29, 0.717) is 5.75 Å². The van der Waals surface area contributed by atoms with Crippen LogP contribution >= 0.6 is 11.8 Å². The molecular weight excluding hydrogens is 202 g/mol. The fraction of sp³-hybridized carbons (Fsp3) is 0.500. The molecule has 0 fully saturated rings. The molecule has 14 heavy (non-hydrogen) atoms. The quantitative estimate of drug-likeness (QED) is 0.654. The molecular formula is C8H13N3O2S. The van der Waals surface area contributed by atoms with Crippen LogP contribution in [0.5, 0.6) is 0 Å². The number of hydrogen-bond acceptors (Lipinski definition) is 4. The molecule has 1 atom stereocenters. The number of aryl methyl sites for hydroxylation is 1. The molecule has 0 unspecified atom stereocenters. The van der Waals surface area contributed by atoms with Crippen LogP contribution in [-0.4, -0.2) is 38.4 Å². The van der Waals surface area contributed by atoms with Gasteiger partial charge in [0.1, 0.15) is 6.04 Å². The molecule has 0 saturated heterocycles. The van der Waals surface area contributed by atoms with E-state index < -0.39 is 12.0 Å². The highest BCUT2D eigenvalue weighted by Crippen LogP contribution is 2.02. The van der Waals surface area contributed by atoms with Gasteiger partial charge in [0.2, 0.25) is 0 Å². The van der Waals surface area contributed by atoms with Crippen LogP contribution in [0.15, 0.2) is 18.5 Å². The molecule has 0 spiro atoms. The van der Waals surface area contributed by atoms with E-state index in [4.69, 9.17) is 10.8 Å². The first-order chi connectivity index (χ1) is 6.70. The number of hydrogen-bond donors (Lipinski definition) is 2. The minimum atomic E-state index is -0.948. The first kappa shape index (κ1) is 11.1. The van der Waals surface area contributed by atoms with E-state index in [-0.39, 0.29) is 0 Å². The highest BCUT2D eigenvalue weighted by molar-refractivity contribution is 7.99. The lowest BCUT2D eigenvalue weighted by Gasteiger charge is -2.05. The van der Waals surface area contributed by atoms with Gasteiger partial charge in [-0.05, 0) is 6.07 Å². The predicted octanol–water partition coefficient (Wildman–Crippen LogP) is 0.0282. The summed E-state index contributed by atoms with van der Waals surface area (Å²) >= 11 is 1.52. The van der Waals surface area contributed by atoms with Crippen LogP contribution in [-0.2, 0) is 11.3 Å². The fourth-order valence-corrected chi connectivity index (χ4v) is 1.75. The monoisotopic (exact) mass is 215 g/mol. The molecule has 0 aliphatic heterocycles. The Morgan fingerprint density at radius 1 is 1.71 bits per heavy atom. The number of carboxylic acid groups (broad SMARTS) is 1. The zero-order valence-corrected chi connectivity index (χ0v) is 8.48. The van der Waals surface area contributed by atoms with E-state index in [1.165, 1.54) is 11.8 Å². The number of carboxylic acids is 1. The SMILES string of the molecule is N[C@@H](CSCCn1cccn1)C(=O)O. The van der Waals surface area contributed by atoms with Crippen LogP contribution in [0.4, 0.5) is 0 Å². The third-order valence-corrected chi connectivity index (χ3v) is 2.70. The van der Waals surface area contributed by atoms with Gasteiger partial charge in [0.15, 0.2) is 0 Å². The zero-order valence-electron chi connectivity index (χ0n) is 7.67. The van der Waals surface area contributed by atoms with E-state index in [9.17, 15) is 4.79 Å². The molecule has 0 aliphatic rings. The van der Waals surface area contributed by atoms with Crippen molar-refractivity contribution < 1.29 is 9.90 Å². The Hall–Kier alpha value is -1.01. The summed E-state index contributed by atoms with van der Waals surface area (Å²) in [5.74, 6) is 0.316. The van der Waals surface area contributed by atoms with Crippen molar-refractivity contribution in [1.29, 1.82) is 0 Å². The van der Waals surface area contributed by atoms with Gasteiger partial charge in [-0.2, -0.15) is 16.9 Å². The van der Waals surface area contributed by atoms with E-state index in [1.54, 1.807) is 10.9 Å². The van der Waals surface area contributed by atoms with Gasteiger partial charge in [-0.25, -0.2) is 0 Å². The van der Waals surface area contributed by atoms with Crippen LogP contribution in [0.2, 0.25) is 0 Å². The third kappa shape index (κ3) is 3.80. The Morgan fingerprint density at radius 3 is 3.07 bits per heavy atom. The molecule has 0 saturated carbocycles. The van der Waals surface area contributed by atoms with Crippen molar-refractivity contribution in [2.45, 2.75) is 12.6 Å². The van der Waals surface area contributed by atoms with Crippen molar-refractivity contribution in [2.75, 3.05) is 11.5 Å². The molecule has 5 nitrogen and oxygen atoms in total. The fourth-order valence-electron chi connectivity index (χ4n) is 0.872. The standard InChI is InChI=1S/C8H13N3O2S/c9-7(8(12)13)6-14-5-4-11-3-1-2-10-11/h1-3,7H,4-6,9H2,(H,12,13)/t7-/m0/s1. The normalized spacial score (nSPS) is 12.6. The minimum Gasteiger partial charge on any atom is -0.480 e. The molecule has 1 aromatic rings. The highest BCUT2D eigenvalue weighted by Gasteiger charge is 2.10. The molecule has 0 aliphatic carbocycles. The number of aromatic nitrogens is 2. The Bertz CT molecular complexity index is 276. The van der Waals surface area contributed by atoms with Crippen molar-refractivity contribution in [2.24, 2.45) is 5.73 Å². The summed E-state index contributed by atoms with van der Waals surface area (Å²) in [6, 6.07) is 1.09. The number of rotatable bonds is 6. The van der Waals surface area contributed by atoms with Crippen molar-refractivity contribution >= 4 is 17.7 Å². The number of thioether (sulfide) groups is 1. The van der Waals surface area contributed by atoms with Gasteiger partial charge in [0.05, 0.1) is 0 Å². The minimum absolute atomic E-state index is 0.441. The molecule has 0 bridgehead atoms. The Balaban J connectivity index is 2.08. The van der Waals surface area contributed by atoms with Gasteiger partial charge in [0, 0.05) is 30.4 Å². The second-order valence-electron chi connectivity index (χ2n) is 2.79. The van der Waals surface area contributed by atoms with Crippen molar-refractivity contribution in [3.8, 4) is 0 Å². The highest BCUT2D eigenvalue weighted by atomic mass is 32.2. The van der Waals surface area contributed by atoms with E-state index in [2.05, 4.69) is 5.10 Å². The van der Waals surface area contributed by atoms with Crippen LogP contribution in [0, 0.1) is 0 Å². The molecule has 0 aromatic carbocycles. The van der Waals surface area contributed by atoms with Crippen LogP contribution in [0.3, 0.4) is 0 Å². The topological polar surface area (TPSA) is 81.1 Å². The van der Waals surface area contributed by atoms with Crippen LogP contribution in [0.25, 0.3) is 0 Å². The molecule has 3 N–H and O–H groups in total. The van der Waals surface area contributed by atoms with Crippen molar-refractivity contribution in [1.82, 2.24) is 9.78 Å². The lowest BCUT2D eigenvalue weighted by molar-refractivity contribution is -0.137. The summed E-state index contributed by atoms with van der Waals surface area (Å²) in [6.07, 6.45) is 3.59. The first-order valence-corrected chi connectivity index (χ1v) is 5.39. The Kier molecular flexibility index (Phi) is 4.48. The molecule has 6 heteroatoms. The van der Waals surface area contributed by atoms with Gasteiger partial charge in [0.25, 0.3) is 0 Å². The van der Waals surface area contributed by atoms with E-state index >= 15 is 0 Å².